The van der Waals surface area contributed by atoms with Crippen molar-refractivity contribution in [2.24, 2.45) is 0 Å². The Morgan fingerprint density at radius 3 is 3.06 bits per heavy atom. The molecule has 1 atom stereocenters. The normalized spacial score (nSPS) is 20.2. The van der Waals surface area contributed by atoms with Crippen LogP contribution >= 0.6 is 11.3 Å². The molecule has 1 aliphatic rings. The molecule has 0 saturated heterocycles. The molecular weight excluding hydrogens is 238 g/mol. The largest absolute Gasteiger partial charge is 0.480 e. The van der Waals surface area contributed by atoms with E-state index in [0.717, 1.165) is 37.9 Å². The van der Waals surface area contributed by atoms with Gasteiger partial charge in [-0.3, -0.25) is 9.69 Å². The van der Waals surface area contributed by atoms with E-state index in [1.807, 2.05) is 16.3 Å². The number of rotatable bonds is 5. The van der Waals surface area contributed by atoms with E-state index in [1.165, 1.54) is 4.88 Å². The summed E-state index contributed by atoms with van der Waals surface area (Å²) in [5.41, 5.74) is 0.956. The number of aliphatic hydroxyl groups is 1. The highest BCUT2D eigenvalue weighted by atomic mass is 32.1. The lowest BCUT2D eigenvalue weighted by Gasteiger charge is -2.33. The molecule has 0 fully saturated rings. The minimum atomic E-state index is -0.770. The molecule has 1 unspecified atom stereocenters. The zero-order valence-electron chi connectivity index (χ0n) is 9.63. The molecular formula is C12H17NO3S. The smallest absolute Gasteiger partial charge is 0.325 e. The SMILES string of the molecule is O=C(O)C1c2ccsc2CCN1CCCCO. The van der Waals surface area contributed by atoms with E-state index in [4.69, 9.17) is 5.11 Å². The second kappa shape index (κ2) is 5.62. The number of fused-ring (bicyclic) bond motifs is 1. The number of unbranched alkanes of at least 4 members (excludes halogenated alkanes) is 1. The maximum atomic E-state index is 11.4. The molecule has 17 heavy (non-hydrogen) atoms. The van der Waals surface area contributed by atoms with E-state index in [1.54, 1.807) is 11.3 Å². The Balaban J connectivity index is 2.10. The molecule has 94 valence electrons. The Bertz CT molecular complexity index is 391. The third-order valence-electron chi connectivity index (χ3n) is 3.15. The summed E-state index contributed by atoms with van der Waals surface area (Å²) in [7, 11) is 0. The van der Waals surface area contributed by atoms with Gasteiger partial charge in [-0.1, -0.05) is 0 Å². The third kappa shape index (κ3) is 2.68. The molecule has 0 amide bonds. The molecule has 1 aromatic rings. The Kier molecular flexibility index (Phi) is 4.15. The zero-order valence-corrected chi connectivity index (χ0v) is 10.4. The lowest BCUT2D eigenvalue weighted by Crippen LogP contribution is -2.39. The Labute approximate surface area is 104 Å². The van der Waals surface area contributed by atoms with Crippen LogP contribution in [0.25, 0.3) is 0 Å². The topological polar surface area (TPSA) is 60.8 Å². The van der Waals surface area contributed by atoms with E-state index in [-0.39, 0.29) is 6.61 Å². The molecule has 0 aromatic carbocycles. The average Bonchev–Trinajstić information content (AvgIpc) is 2.76. The number of carboxylic acid groups (broad SMARTS) is 1. The van der Waals surface area contributed by atoms with Gasteiger partial charge in [0.05, 0.1) is 0 Å². The van der Waals surface area contributed by atoms with Crippen LogP contribution in [-0.4, -0.2) is 40.8 Å². The van der Waals surface area contributed by atoms with Crippen molar-refractivity contribution in [3.8, 4) is 0 Å². The summed E-state index contributed by atoms with van der Waals surface area (Å²) >= 11 is 1.65. The van der Waals surface area contributed by atoms with Crippen LogP contribution in [0.2, 0.25) is 0 Å². The summed E-state index contributed by atoms with van der Waals surface area (Å²) in [4.78, 5) is 14.6. The predicted molar refractivity (Wildman–Crippen MR) is 66.3 cm³/mol. The number of aliphatic hydroxyl groups excluding tert-OH is 1. The van der Waals surface area contributed by atoms with Gasteiger partial charge in [0.15, 0.2) is 0 Å². The molecule has 0 spiro atoms. The summed E-state index contributed by atoms with van der Waals surface area (Å²) in [6.45, 7) is 1.72. The van der Waals surface area contributed by atoms with Crippen LogP contribution in [-0.2, 0) is 11.2 Å². The van der Waals surface area contributed by atoms with Crippen LogP contribution in [0.15, 0.2) is 11.4 Å². The fourth-order valence-corrected chi connectivity index (χ4v) is 3.23. The Morgan fingerprint density at radius 2 is 2.35 bits per heavy atom. The summed E-state index contributed by atoms with van der Waals surface area (Å²) in [5.74, 6) is -0.770. The Morgan fingerprint density at radius 1 is 1.53 bits per heavy atom. The maximum Gasteiger partial charge on any atom is 0.325 e. The number of aliphatic carboxylic acids is 1. The Hall–Kier alpha value is -0.910. The van der Waals surface area contributed by atoms with Gasteiger partial charge in [0.2, 0.25) is 0 Å². The van der Waals surface area contributed by atoms with Crippen LogP contribution in [0.4, 0.5) is 0 Å². The van der Waals surface area contributed by atoms with Crippen molar-refractivity contribution in [3.05, 3.63) is 21.9 Å². The number of hydrogen-bond donors (Lipinski definition) is 2. The lowest BCUT2D eigenvalue weighted by atomic mass is 10.00. The van der Waals surface area contributed by atoms with Gasteiger partial charge < -0.3 is 10.2 Å². The summed E-state index contributed by atoms with van der Waals surface area (Å²) in [6.07, 6.45) is 2.52. The predicted octanol–water partition coefficient (Wildman–Crippen LogP) is 1.50. The van der Waals surface area contributed by atoms with E-state index in [9.17, 15) is 9.90 Å². The summed E-state index contributed by atoms with van der Waals surface area (Å²) < 4.78 is 0. The van der Waals surface area contributed by atoms with Crippen molar-refractivity contribution in [1.82, 2.24) is 4.90 Å². The standard InChI is InChI=1S/C12H17NO3S/c14-7-2-1-5-13-6-3-10-9(4-8-17-10)11(13)12(15)16/h4,8,11,14H,1-3,5-7H2,(H,15,16). The molecule has 2 heterocycles. The summed E-state index contributed by atoms with van der Waals surface area (Å²) in [5, 5.41) is 20.1. The molecule has 1 aliphatic heterocycles. The number of carboxylic acids is 1. The van der Waals surface area contributed by atoms with Gasteiger partial charge in [-0.25, -0.2) is 0 Å². The van der Waals surface area contributed by atoms with E-state index in [0.29, 0.717) is 0 Å². The highest BCUT2D eigenvalue weighted by molar-refractivity contribution is 7.10. The molecule has 0 aliphatic carbocycles. The molecule has 4 nitrogen and oxygen atoms in total. The molecule has 0 radical (unpaired) electrons. The van der Waals surface area contributed by atoms with Crippen molar-refractivity contribution in [2.45, 2.75) is 25.3 Å². The molecule has 0 saturated carbocycles. The zero-order chi connectivity index (χ0) is 12.3. The fraction of sp³-hybridized carbons (Fsp3) is 0.583. The van der Waals surface area contributed by atoms with Crippen molar-refractivity contribution >= 4 is 17.3 Å². The van der Waals surface area contributed by atoms with Crippen LogP contribution in [0, 0.1) is 0 Å². The molecule has 1 aromatic heterocycles. The molecule has 2 rings (SSSR count). The molecule has 2 N–H and O–H groups in total. The van der Waals surface area contributed by atoms with E-state index < -0.39 is 12.0 Å². The van der Waals surface area contributed by atoms with Gasteiger partial charge in [-0.15, -0.1) is 11.3 Å². The van der Waals surface area contributed by atoms with Gasteiger partial charge in [0, 0.05) is 18.0 Å². The number of carbonyl (C=O) groups is 1. The van der Waals surface area contributed by atoms with Gasteiger partial charge in [-0.2, -0.15) is 0 Å². The number of hydrogen-bond acceptors (Lipinski definition) is 4. The first-order chi connectivity index (χ1) is 8.24. The van der Waals surface area contributed by atoms with Gasteiger partial charge in [-0.05, 0) is 42.8 Å². The second-order valence-corrected chi connectivity index (χ2v) is 5.26. The monoisotopic (exact) mass is 255 g/mol. The first-order valence-electron chi connectivity index (χ1n) is 5.88. The van der Waals surface area contributed by atoms with Crippen molar-refractivity contribution in [3.63, 3.8) is 0 Å². The molecule has 0 bridgehead atoms. The van der Waals surface area contributed by atoms with Crippen LogP contribution in [0.5, 0.6) is 0 Å². The first-order valence-corrected chi connectivity index (χ1v) is 6.76. The van der Waals surface area contributed by atoms with E-state index >= 15 is 0 Å². The van der Waals surface area contributed by atoms with Gasteiger partial charge in [0.25, 0.3) is 0 Å². The minimum absolute atomic E-state index is 0.176. The van der Waals surface area contributed by atoms with Gasteiger partial charge in [0.1, 0.15) is 6.04 Å². The van der Waals surface area contributed by atoms with Crippen LogP contribution in [0.1, 0.15) is 29.3 Å². The number of nitrogens with zero attached hydrogens (tertiary/aromatic N) is 1. The lowest BCUT2D eigenvalue weighted by molar-refractivity contribution is -0.144. The van der Waals surface area contributed by atoms with Crippen molar-refractivity contribution in [2.75, 3.05) is 19.7 Å². The van der Waals surface area contributed by atoms with Crippen LogP contribution in [0.3, 0.4) is 0 Å². The maximum absolute atomic E-state index is 11.4. The summed E-state index contributed by atoms with van der Waals surface area (Å²) in [6, 6.07) is 1.43. The van der Waals surface area contributed by atoms with Crippen LogP contribution < -0.4 is 0 Å². The van der Waals surface area contributed by atoms with Crippen molar-refractivity contribution in [1.29, 1.82) is 0 Å². The fourth-order valence-electron chi connectivity index (χ4n) is 2.33. The highest BCUT2D eigenvalue weighted by Gasteiger charge is 2.32. The highest BCUT2D eigenvalue weighted by Crippen LogP contribution is 2.33. The minimum Gasteiger partial charge on any atom is -0.480 e. The second-order valence-electron chi connectivity index (χ2n) is 4.26. The third-order valence-corrected chi connectivity index (χ3v) is 4.15. The van der Waals surface area contributed by atoms with Gasteiger partial charge >= 0.3 is 5.97 Å². The number of thiophene rings is 1. The van der Waals surface area contributed by atoms with E-state index in [2.05, 4.69) is 0 Å². The average molecular weight is 255 g/mol. The van der Waals surface area contributed by atoms with Crippen molar-refractivity contribution < 1.29 is 15.0 Å². The quantitative estimate of drug-likeness (QED) is 0.783. The molecule has 5 heteroatoms. The first kappa shape index (κ1) is 12.5.